The molecule has 2 aromatic heterocycles. The molecule has 0 saturated carbocycles. The van der Waals surface area contributed by atoms with Crippen molar-refractivity contribution in [3.8, 4) is 22.8 Å². The van der Waals surface area contributed by atoms with Crippen LogP contribution in [0.25, 0.3) is 44.8 Å². The molecule has 0 radical (unpaired) electrons. The van der Waals surface area contributed by atoms with E-state index in [0.29, 0.717) is 10.0 Å². The van der Waals surface area contributed by atoms with Crippen LogP contribution in [0.1, 0.15) is 0 Å². The molecule has 6 aromatic rings. The first-order valence-electron chi connectivity index (χ1n) is 18.5. The number of nitrogens with zero attached hydrogens (tertiary/aromatic N) is 8. The molecule has 0 aliphatic heterocycles. The van der Waals surface area contributed by atoms with Crippen molar-refractivity contribution in [3.63, 3.8) is 0 Å². The lowest BCUT2D eigenvalue weighted by Crippen LogP contribution is -2.59. The van der Waals surface area contributed by atoms with E-state index in [-0.39, 0.29) is 12.1 Å². The Morgan fingerprint density at radius 2 is 1.00 bits per heavy atom. The van der Waals surface area contributed by atoms with Gasteiger partial charge in [-0.15, -0.1) is 0 Å². The van der Waals surface area contributed by atoms with Crippen molar-refractivity contribution in [2.75, 3.05) is 105 Å². The Hall–Kier alpha value is -4.16. The second-order valence-electron chi connectivity index (χ2n) is 15.2. The molecule has 0 amide bonds. The average Bonchev–Trinajstić information content (AvgIpc) is 3.75. The minimum Gasteiger partial charge on any atom is -0.369 e. The monoisotopic (exact) mass is 768 g/mol. The van der Waals surface area contributed by atoms with Crippen LogP contribution >= 0.6 is 23.2 Å². The minimum atomic E-state index is 0.178. The number of likely N-dealkylation sites (N-methyl/N-ethyl adjacent to an activating group) is 4. The number of H-pyrrole nitrogens is 2. The maximum atomic E-state index is 6.26. The molecular formula is C42H54Cl2N10. The number of halogens is 2. The fourth-order valence-corrected chi connectivity index (χ4v) is 7.32. The average molecular weight is 770 g/mol. The van der Waals surface area contributed by atoms with E-state index in [1.807, 2.05) is 36.4 Å². The number of nitrogens with one attached hydrogen (secondary N) is 2. The van der Waals surface area contributed by atoms with Crippen LogP contribution in [-0.4, -0.2) is 147 Å². The molecule has 54 heavy (non-hydrogen) atoms. The number of aromatic nitrogens is 4. The minimum absolute atomic E-state index is 0.178. The molecule has 0 bridgehead atoms. The summed E-state index contributed by atoms with van der Waals surface area (Å²) in [6.07, 6.45) is 0. The van der Waals surface area contributed by atoms with E-state index in [0.717, 1.165) is 84.1 Å². The summed E-state index contributed by atoms with van der Waals surface area (Å²) >= 11 is 12.5. The quantitative estimate of drug-likeness (QED) is 0.0997. The van der Waals surface area contributed by atoms with Gasteiger partial charge >= 0.3 is 0 Å². The second kappa shape index (κ2) is 17.5. The standard InChI is InChI=1S/C42H54Cl2N10/c1-49(2)21-23-53(33-15-9-29(10-16-33)41-45-35-19-13-31(43)25-37(35)47-41)28-39(52(7)8)40(27-51(5)6)54(24-22-50(3)4)34-17-11-30(12-18-34)42-46-36-20-14-32(44)26-38(36)48-42/h9-20,25-26,39-40H,21-24,27-28H2,1-8H3,(H,45,47)(H,46,48). The largest absolute Gasteiger partial charge is 0.369 e. The Labute approximate surface area is 330 Å². The van der Waals surface area contributed by atoms with Crippen LogP contribution in [0, 0.1) is 0 Å². The molecule has 0 aliphatic rings. The fourth-order valence-electron chi connectivity index (χ4n) is 6.98. The van der Waals surface area contributed by atoms with E-state index in [2.05, 4.69) is 144 Å². The lowest BCUT2D eigenvalue weighted by atomic mass is 10.0. The van der Waals surface area contributed by atoms with E-state index < -0.39 is 0 Å². The molecule has 0 saturated heterocycles. The molecular weight excluding hydrogens is 715 g/mol. The zero-order chi connectivity index (χ0) is 38.5. The van der Waals surface area contributed by atoms with Crippen molar-refractivity contribution in [2.24, 2.45) is 0 Å². The van der Waals surface area contributed by atoms with Crippen LogP contribution < -0.4 is 9.80 Å². The highest BCUT2D eigenvalue weighted by Crippen LogP contribution is 2.29. The summed E-state index contributed by atoms with van der Waals surface area (Å²) in [7, 11) is 17.4. The first-order valence-corrected chi connectivity index (χ1v) is 19.2. The summed E-state index contributed by atoms with van der Waals surface area (Å²) in [5, 5.41) is 1.39. The maximum absolute atomic E-state index is 6.26. The van der Waals surface area contributed by atoms with Crippen LogP contribution in [0.5, 0.6) is 0 Å². The smallest absolute Gasteiger partial charge is 0.138 e. The van der Waals surface area contributed by atoms with Crippen molar-refractivity contribution in [2.45, 2.75) is 12.1 Å². The van der Waals surface area contributed by atoms with Gasteiger partial charge in [0.1, 0.15) is 11.6 Å². The van der Waals surface area contributed by atoms with Gasteiger partial charge in [-0.25, -0.2) is 9.97 Å². The van der Waals surface area contributed by atoms with Crippen LogP contribution in [0.2, 0.25) is 10.0 Å². The fraction of sp³-hybridized carbons (Fsp3) is 0.381. The summed E-state index contributed by atoms with van der Waals surface area (Å²) in [5.74, 6) is 1.67. The molecule has 4 aromatic carbocycles. The van der Waals surface area contributed by atoms with Gasteiger partial charge in [0.25, 0.3) is 0 Å². The summed E-state index contributed by atoms with van der Waals surface area (Å²) in [6.45, 7) is 5.37. The highest BCUT2D eigenvalue weighted by atomic mass is 35.5. The third-order valence-electron chi connectivity index (χ3n) is 9.94. The SMILES string of the molecule is CN(C)CCN(CC(C(CN(C)C)N(CCN(C)C)c1ccc(-c2nc3ccc(Cl)cc3[nH]2)cc1)N(C)C)c1ccc(-c2nc3ccc(Cl)cc3[nH]2)cc1. The zero-order valence-electron chi connectivity index (χ0n) is 32.8. The highest BCUT2D eigenvalue weighted by molar-refractivity contribution is 6.31. The number of rotatable bonds is 17. The lowest BCUT2D eigenvalue weighted by molar-refractivity contribution is 0.212. The molecule has 6 rings (SSSR count). The highest BCUT2D eigenvalue weighted by Gasteiger charge is 2.32. The number of fused-ring (bicyclic) bond motifs is 2. The molecule has 2 unspecified atom stereocenters. The number of hydrogen-bond donors (Lipinski definition) is 2. The summed E-state index contributed by atoms with van der Waals surface area (Å²) in [6, 6.07) is 29.5. The summed E-state index contributed by atoms with van der Waals surface area (Å²) in [5.41, 5.74) is 8.13. The Bertz CT molecular complexity index is 2100. The van der Waals surface area contributed by atoms with Crippen LogP contribution in [0.4, 0.5) is 11.4 Å². The van der Waals surface area contributed by atoms with Gasteiger partial charge in [0, 0.05) is 77.9 Å². The van der Waals surface area contributed by atoms with Gasteiger partial charge in [-0.3, -0.25) is 0 Å². The second-order valence-corrected chi connectivity index (χ2v) is 16.1. The van der Waals surface area contributed by atoms with Gasteiger partial charge in [0.2, 0.25) is 0 Å². The third kappa shape index (κ3) is 9.73. The molecule has 10 nitrogen and oxygen atoms in total. The first kappa shape index (κ1) is 39.5. The van der Waals surface area contributed by atoms with Crippen LogP contribution in [-0.2, 0) is 0 Å². The van der Waals surface area contributed by atoms with Crippen molar-refractivity contribution in [3.05, 3.63) is 95.0 Å². The summed E-state index contributed by atoms with van der Waals surface area (Å²) < 4.78 is 0. The number of benzene rings is 4. The predicted molar refractivity (Wildman–Crippen MR) is 230 cm³/mol. The molecule has 2 heterocycles. The van der Waals surface area contributed by atoms with E-state index in [1.165, 1.54) is 11.4 Å². The first-order chi connectivity index (χ1) is 25.8. The number of aromatic amines is 2. The predicted octanol–water partition coefficient (Wildman–Crippen LogP) is 7.38. The van der Waals surface area contributed by atoms with Gasteiger partial charge in [-0.2, -0.15) is 0 Å². The Morgan fingerprint density at radius 3 is 1.46 bits per heavy atom. The molecule has 2 atom stereocenters. The van der Waals surface area contributed by atoms with Crippen molar-refractivity contribution >= 4 is 56.6 Å². The molecule has 2 N–H and O–H groups in total. The number of hydrogen-bond acceptors (Lipinski definition) is 8. The Balaban J connectivity index is 1.31. The molecule has 0 spiro atoms. The van der Waals surface area contributed by atoms with Gasteiger partial charge in [0.15, 0.2) is 0 Å². The van der Waals surface area contributed by atoms with E-state index >= 15 is 0 Å². The number of imidazole rings is 2. The Morgan fingerprint density at radius 1 is 0.519 bits per heavy atom. The molecule has 0 aliphatic carbocycles. The van der Waals surface area contributed by atoms with Crippen molar-refractivity contribution in [1.29, 1.82) is 0 Å². The lowest BCUT2D eigenvalue weighted by Gasteiger charge is -2.45. The van der Waals surface area contributed by atoms with Gasteiger partial charge in [-0.1, -0.05) is 23.2 Å². The molecule has 286 valence electrons. The summed E-state index contributed by atoms with van der Waals surface area (Å²) in [4.78, 5) is 31.0. The van der Waals surface area contributed by atoms with Crippen LogP contribution in [0.3, 0.4) is 0 Å². The van der Waals surface area contributed by atoms with E-state index in [4.69, 9.17) is 33.2 Å². The zero-order valence-corrected chi connectivity index (χ0v) is 34.3. The molecule has 12 heteroatoms. The van der Waals surface area contributed by atoms with E-state index in [1.54, 1.807) is 0 Å². The van der Waals surface area contributed by atoms with E-state index in [9.17, 15) is 0 Å². The van der Waals surface area contributed by atoms with Gasteiger partial charge in [0.05, 0.1) is 28.1 Å². The topological polar surface area (TPSA) is 76.8 Å². The van der Waals surface area contributed by atoms with Crippen molar-refractivity contribution in [1.82, 2.24) is 39.5 Å². The van der Waals surface area contributed by atoms with Gasteiger partial charge < -0.3 is 39.4 Å². The number of anilines is 2. The Kier molecular flexibility index (Phi) is 12.8. The third-order valence-corrected chi connectivity index (χ3v) is 10.4. The van der Waals surface area contributed by atoms with Crippen LogP contribution in [0.15, 0.2) is 84.9 Å². The normalized spacial score (nSPS) is 13.2. The van der Waals surface area contributed by atoms with Gasteiger partial charge in [-0.05, 0) is 141 Å². The van der Waals surface area contributed by atoms with Crippen molar-refractivity contribution < 1.29 is 0 Å². The molecule has 0 fully saturated rings. The maximum Gasteiger partial charge on any atom is 0.138 e.